The molecule has 2 atom stereocenters. The van der Waals surface area contributed by atoms with Crippen LogP contribution >= 0.6 is 0 Å². The summed E-state index contributed by atoms with van der Waals surface area (Å²) >= 11 is 0. The van der Waals surface area contributed by atoms with Crippen LogP contribution in [0.4, 0.5) is 0 Å². The normalized spacial score (nSPS) is 12.7. The molecule has 0 spiro atoms. The lowest BCUT2D eigenvalue weighted by Gasteiger charge is -2.22. The smallest absolute Gasteiger partial charge is 0.220 e. The van der Waals surface area contributed by atoms with Crippen LogP contribution in [0.1, 0.15) is 335 Å². The van der Waals surface area contributed by atoms with Gasteiger partial charge in [0.05, 0.1) is 18.8 Å². The second-order valence-electron chi connectivity index (χ2n) is 19.7. The van der Waals surface area contributed by atoms with Crippen molar-refractivity contribution in [1.82, 2.24) is 5.32 Å². The van der Waals surface area contributed by atoms with E-state index in [4.69, 9.17) is 0 Å². The van der Waals surface area contributed by atoms with Crippen molar-refractivity contribution < 1.29 is 15.0 Å². The average molecular weight is 849 g/mol. The lowest BCUT2D eigenvalue weighted by atomic mass is 10.0. The maximum atomic E-state index is 12.4. The van der Waals surface area contributed by atoms with E-state index in [-0.39, 0.29) is 12.5 Å². The second-order valence-corrected chi connectivity index (χ2v) is 19.7. The van der Waals surface area contributed by atoms with E-state index < -0.39 is 12.1 Å². The molecule has 0 aliphatic rings. The lowest BCUT2D eigenvalue weighted by Crippen LogP contribution is -2.45. The number of aliphatic hydroxyl groups is 2. The van der Waals surface area contributed by atoms with Gasteiger partial charge in [0.15, 0.2) is 0 Å². The summed E-state index contributed by atoms with van der Waals surface area (Å²) in [6.07, 6.45) is 67.0. The number of carbonyl (C=O) groups excluding carboxylic acids is 1. The Kier molecular flexibility index (Phi) is 52.2. The van der Waals surface area contributed by atoms with Gasteiger partial charge in [-0.25, -0.2) is 0 Å². The van der Waals surface area contributed by atoms with Gasteiger partial charge in [-0.1, -0.05) is 316 Å². The Morgan fingerprint density at radius 1 is 0.333 bits per heavy atom. The Hall–Kier alpha value is -0.610. The average Bonchev–Trinajstić information content (AvgIpc) is 3.25. The predicted octanol–water partition coefficient (Wildman–Crippen LogP) is 18.4. The molecular formula is C56H113NO3. The van der Waals surface area contributed by atoms with E-state index in [9.17, 15) is 15.0 Å². The SMILES string of the molecule is CCCCCCCCCCCCCCCCCCCCCCCCCCCCCCCCCCCCCCCCC(=O)NC(CO)C(O)CCCCCCCCCCCC. The first kappa shape index (κ1) is 59.4. The van der Waals surface area contributed by atoms with E-state index in [1.165, 1.54) is 283 Å². The van der Waals surface area contributed by atoms with Gasteiger partial charge in [0.1, 0.15) is 0 Å². The van der Waals surface area contributed by atoms with Crippen LogP contribution < -0.4 is 5.32 Å². The molecule has 0 saturated heterocycles. The van der Waals surface area contributed by atoms with Gasteiger partial charge in [-0.15, -0.1) is 0 Å². The van der Waals surface area contributed by atoms with Crippen LogP contribution in [0, 0.1) is 0 Å². The van der Waals surface area contributed by atoms with Crippen molar-refractivity contribution in [2.24, 2.45) is 0 Å². The highest BCUT2D eigenvalue weighted by molar-refractivity contribution is 5.76. The summed E-state index contributed by atoms with van der Waals surface area (Å²) in [6.45, 7) is 4.38. The first-order chi connectivity index (χ1) is 29.7. The zero-order valence-corrected chi connectivity index (χ0v) is 41.5. The minimum Gasteiger partial charge on any atom is -0.394 e. The number of nitrogens with one attached hydrogen (secondary N) is 1. The fraction of sp³-hybridized carbons (Fsp3) is 0.982. The van der Waals surface area contributed by atoms with Crippen molar-refractivity contribution in [1.29, 1.82) is 0 Å². The van der Waals surface area contributed by atoms with E-state index in [0.29, 0.717) is 12.8 Å². The number of hydrogen-bond donors (Lipinski definition) is 3. The van der Waals surface area contributed by atoms with E-state index in [2.05, 4.69) is 19.2 Å². The Morgan fingerprint density at radius 3 is 0.750 bits per heavy atom. The van der Waals surface area contributed by atoms with E-state index in [1.807, 2.05) is 0 Å². The Morgan fingerprint density at radius 2 is 0.533 bits per heavy atom. The van der Waals surface area contributed by atoms with Gasteiger partial charge in [-0.05, 0) is 12.8 Å². The van der Waals surface area contributed by atoms with Crippen LogP contribution in [-0.4, -0.2) is 34.9 Å². The molecule has 3 N–H and O–H groups in total. The highest BCUT2D eigenvalue weighted by Gasteiger charge is 2.20. The van der Waals surface area contributed by atoms with Crippen LogP contribution in [0.3, 0.4) is 0 Å². The van der Waals surface area contributed by atoms with Gasteiger partial charge in [0.2, 0.25) is 5.91 Å². The van der Waals surface area contributed by atoms with Gasteiger partial charge < -0.3 is 15.5 Å². The molecule has 0 aliphatic carbocycles. The third kappa shape index (κ3) is 48.4. The molecule has 0 heterocycles. The van der Waals surface area contributed by atoms with Gasteiger partial charge in [0.25, 0.3) is 0 Å². The largest absolute Gasteiger partial charge is 0.394 e. The molecule has 360 valence electrons. The third-order valence-electron chi connectivity index (χ3n) is 13.6. The molecule has 4 heteroatoms. The van der Waals surface area contributed by atoms with E-state index in [0.717, 1.165) is 25.7 Å². The molecule has 60 heavy (non-hydrogen) atoms. The van der Waals surface area contributed by atoms with Crippen LogP contribution in [0.15, 0.2) is 0 Å². The molecule has 0 aromatic carbocycles. The zero-order chi connectivity index (χ0) is 43.5. The highest BCUT2D eigenvalue weighted by Crippen LogP contribution is 2.18. The molecule has 2 unspecified atom stereocenters. The molecule has 4 nitrogen and oxygen atoms in total. The molecule has 0 bridgehead atoms. The molecule has 0 fully saturated rings. The van der Waals surface area contributed by atoms with Crippen LogP contribution in [0.5, 0.6) is 0 Å². The minimum atomic E-state index is -0.652. The van der Waals surface area contributed by atoms with Crippen molar-refractivity contribution in [3.05, 3.63) is 0 Å². The lowest BCUT2D eigenvalue weighted by molar-refractivity contribution is -0.123. The number of carbonyl (C=O) groups is 1. The quantitative estimate of drug-likeness (QED) is 0.0534. The van der Waals surface area contributed by atoms with Crippen LogP contribution in [0.25, 0.3) is 0 Å². The number of aliphatic hydroxyl groups excluding tert-OH is 2. The fourth-order valence-electron chi connectivity index (χ4n) is 9.31. The molecule has 1 amide bonds. The molecule has 0 aliphatic heterocycles. The summed E-state index contributed by atoms with van der Waals surface area (Å²) in [5, 5.41) is 23.1. The first-order valence-corrected chi connectivity index (χ1v) is 28.2. The summed E-state index contributed by atoms with van der Waals surface area (Å²) in [5.74, 6) is -0.0254. The van der Waals surface area contributed by atoms with Crippen molar-refractivity contribution in [2.45, 2.75) is 347 Å². The van der Waals surface area contributed by atoms with Crippen LogP contribution in [-0.2, 0) is 4.79 Å². The highest BCUT2D eigenvalue weighted by atomic mass is 16.3. The van der Waals surface area contributed by atoms with Crippen molar-refractivity contribution in [3.63, 3.8) is 0 Å². The zero-order valence-electron chi connectivity index (χ0n) is 41.5. The van der Waals surface area contributed by atoms with Crippen molar-refractivity contribution >= 4 is 5.91 Å². The second kappa shape index (κ2) is 52.7. The summed E-state index contributed by atoms with van der Waals surface area (Å²) in [6, 6.07) is -0.529. The van der Waals surface area contributed by atoms with Gasteiger partial charge in [-0.3, -0.25) is 4.79 Å². The Balaban J connectivity index is 3.29. The summed E-state index contributed by atoms with van der Waals surface area (Å²) in [5.41, 5.74) is 0. The molecule has 0 saturated carbocycles. The number of rotatable bonds is 53. The number of amides is 1. The Bertz CT molecular complexity index is 788. The number of unbranched alkanes of at least 4 members (excludes halogenated alkanes) is 46. The topological polar surface area (TPSA) is 69.6 Å². The predicted molar refractivity (Wildman–Crippen MR) is 267 cm³/mol. The number of hydrogen-bond acceptors (Lipinski definition) is 3. The summed E-state index contributed by atoms with van der Waals surface area (Å²) in [7, 11) is 0. The molecule has 0 rings (SSSR count). The van der Waals surface area contributed by atoms with Crippen molar-refractivity contribution in [3.8, 4) is 0 Å². The molecular weight excluding hydrogens is 735 g/mol. The standard InChI is InChI=1S/C56H113NO3/c1-3-5-7-9-11-13-15-16-17-18-19-20-21-22-23-24-25-26-27-28-29-30-31-32-33-34-35-36-37-38-39-40-41-42-44-46-48-50-52-56(60)57-54(53-58)55(59)51-49-47-45-43-14-12-10-8-6-4-2/h54-55,58-59H,3-53H2,1-2H3,(H,57,60). The first-order valence-electron chi connectivity index (χ1n) is 28.2. The Labute approximate surface area is 378 Å². The van der Waals surface area contributed by atoms with Gasteiger partial charge >= 0.3 is 0 Å². The van der Waals surface area contributed by atoms with E-state index in [1.54, 1.807) is 0 Å². The van der Waals surface area contributed by atoms with E-state index >= 15 is 0 Å². The molecule has 0 radical (unpaired) electrons. The van der Waals surface area contributed by atoms with Gasteiger partial charge in [0, 0.05) is 6.42 Å². The molecule has 0 aromatic rings. The maximum absolute atomic E-state index is 12.4. The van der Waals surface area contributed by atoms with Crippen molar-refractivity contribution in [2.75, 3.05) is 6.61 Å². The maximum Gasteiger partial charge on any atom is 0.220 e. The minimum absolute atomic E-state index is 0.0254. The summed E-state index contributed by atoms with van der Waals surface area (Å²) < 4.78 is 0. The van der Waals surface area contributed by atoms with Gasteiger partial charge in [-0.2, -0.15) is 0 Å². The molecule has 0 aromatic heterocycles. The summed E-state index contributed by atoms with van der Waals surface area (Å²) in [4.78, 5) is 12.4. The fourth-order valence-corrected chi connectivity index (χ4v) is 9.31. The monoisotopic (exact) mass is 848 g/mol. The third-order valence-corrected chi connectivity index (χ3v) is 13.6. The van der Waals surface area contributed by atoms with Crippen LogP contribution in [0.2, 0.25) is 0 Å².